The van der Waals surface area contributed by atoms with Crippen LogP contribution in [0.25, 0.3) is 0 Å². The van der Waals surface area contributed by atoms with E-state index in [0.717, 1.165) is 55.2 Å². The lowest BCUT2D eigenvalue weighted by molar-refractivity contribution is 0.0854. The van der Waals surface area contributed by atoms with Crippen molar-refractivity contribution in [2.24, 2.45) is 5.16 Å². The number of carbonyl (C=O) groups is 1. The maximum absolute atomic E-state index is 12.8. The molecule has 2 aliphatic rings. The Morgan fingerprint density at radius 2 is 1.34 bits per heavy atom. The van der Waals surface area contributed by atoms with Gasteiger partial charge in [0.25, 0.3) is 5.91 Å². The van der Waals surface area contributed by atoms with Gasteiger partial charge in [0.05, 0.1) is 65.1 Å². The molecule has 0 aliphatic carbocycles. The molecule has 0 fully saturated rings. The summed E-state index contributed by atoms with van der Waals surface area (Å²) in [4.78, 5) is 18.6. The Morgan fingerprint density at radius 3 is 2.00 bits per heavy atom. The van der Waals surface area contributed by atoms with Crippen LogP contribution in [0.1, 0.15) is 107 Å². The van der Waals surface area contributed by atoms with Gasteiger partial charge >= 0.3 is 0 Å². The average molecular weight is 770 g/mol. The molecule has 0 saturated heterocycles. The van der Waals surface area contributed by atoms with Crippen LogP contribution in [0.15, 0.2) is 71.9 Å². The molecule has 0 bridgehead atoms. The predicted octanol–water partition coefficient (Wildman–Crippen LogP) is 6.19. The van der Waals surface area contributed by atoms with E-state index in [2.05, 4.69) is 15.8 Å². The molecule has 2 atom stereocenters. The fraction of sp³-hybridized carbons (Fsp3) is 0.395. The smallest absolute Gasteiger partial charge is 0.255 e. The lowest BCUT2D eigenvalue weighted by atomic mass is 9.94. The van der Waals surface area contributed by atoms with Crippen molar-refractivity contribution in [3.05, 3.63) is 111 Å². The van der Waals surface area contributed by atoms with E-state index >= 15 is 0 Å². The molecule has 13 heteroatoms. The van der Waals surface area contributed by atoms with Crippen LogP contribution >= 0.6 is 0 Å². The molecule has 0 spiro atoms. The van der Waals surface area contributed by atoms with Gasteiger partial charge < -0.3 is 54.8 Å². The van der Waals surface area contributed by atoms with Gasteiger partial charge in [-0.1, -0.05) is 43.0 Å². The number of carbonyl (C=O) groups excluding carboxylic acids is 1. The maximum atomic E-state index is 12.8. The van der Waals surface area contributed by atoms with E-state index in [1.54, 1.807) is 38.5 Å². The first kappa shape index (κ1) is 40.3. The van der Waals surface area contributed by atoms with Gasteiger partial charge in [-0.25, -0.2) is 0 Å². The summed E-state index contributed by atoms with van der Waals surface area (Å²) in [6.07, 6.45) is 5.67. The summed E-state index contributed by atoms with van der Waals surface area (Å²) in [5.41, 5.74) is 6.65. The third kappa shape index (κ3) is 9.54. The number of aliphatic hydroxyl groups is 4. The number of anilines is 1. The van der Waals surface area contributed by atoms with Crippen LogP contribution < -0.4 is 29.6 Å². The number of oxime groups is 1. The molecule has 0 radical (unpaired) electrons. The lowest BCUT2D eigenvalue weighted by Gasteiger charge is -2.29. The number of benzene rings is 4. The van der Waals surface area contributed by atoms with E-state index in [-0.39, 0.29) is 38.4 Å². The van der Waals surface area contributed by atoms with E-state index in [4.69, 9.17) is 23.8 Å². The van der Waals surface area contributed by atoms with Crippen molar-refractivity contribution < 1.29 is 49.0 Å². The second-order valence-corrected chi connectivity index (χ2v) is 13.8. The number of fused-ring (bicyclic) bond motifs is 1. The number of hydrogen-bond acceptors (Lipinski definition) is 12. The number of hydrogen-bond donors (Lipinski definition) is 6. The zero-order chi connectivity index (χ0) is 39.4. The Morgan fingerprint density at radius 1 is 0.679 bits per heavy atom. The Bertz CT molecular complexity index is 1980. The lowest BCUT2D eigenvalue weighted by Crippen LogP contribution is -2.38. The number of aliphatic hydroxyl groups excluding tert-OH is 4. The highest BCUT2D eigenvalue weighted by molar-refractivity contribution is 6.02. The standard InChI is InChI=1S/C43H51N3O10/c1-52-33-11-12-36-34(21-33)43(51)45-42(44-36)28-10-13-38(32(17-28)25-49)54-15-7-5-3-4-6-8-16-55-41-20-27(9-14-39(41)53-2)40-22-37(46-56-40)29-18-30(23-47)35(26-50)31(19-29)24-48/h9-14,17-21,40,42,44,47-50H,3-8,15-16,22-26H2,1-2H3,(H,45,51). The summed E-state index contributed by atoms with van der Waals surface area (Å²) < 4.78 is 23.0. The summed E-state index contributed by atoms with van der Waals surface area (Å²) >= 11 is 0. The van der Waals surface area contributed by atoms with Gasteiger partial charge in [-0.05, 0) is 95.3 Å². The molecule has 2 heterocycles. The quantitative estimate of drug-likeness (QED) is 0.0565. The van der Waals surface area contributed by atoms with Crippen LogP contribution in [0.5, 0.6) is 23.0 Å². The minimum absolute atomic E-state index is 0.180. The number of ether oxygens (including phenoxy) is 4. The van der Waals surface area contributed by atoms with Gasteiger partial charge in [-0.3, -0.25) is 4.79 Å². The van der Waals surface area contributed by atoms with Crippen LogP contribution in [-0.4, -0.2) is 59.5 Å². The molecule has 6 N–H and O–H groups in total. The second-order valence-electron chi connectivity index (χ2n) is 13.8. The normalized spacial score (nSPS) is 16.0. The van der Waals surface area contributed by atoms with Crippen molar-refractivity contribution in [3.8, 4) is 23.0 Å². The molecular weight excluding hydrogens is 718 g/mol. The maximum Gasteiger partial charge on any atom is 0.255 e. The summed E-state index contributed by atoms with van der Waals surface area (Å²) in [6, 6.07) is 20.2. The van der Waals surface area contributed by atoms with E-state index in [1.807, 2.05) is 42.5 Å². The predicted molar refractivity (Wildman–Crippen MR) is 210 cm³/mol. The van der Waals surface area contributed by atoms with Gasteiger partial charge in [-0.2, -0.15) is 0 Å². The van der Waals surface area contributed by atoms with Crippen LogP contribution in [0.3, 0.4) is 0 Å². The number of methoxy groups -OCH3 is 2. The molecule has 1 amide bonds. The van der Waals surface area contributed by atoms with Crippen LogP contribution in [0.2, 0.25) is 0 Å². The summed E-state index contributed by atoms with van der Waals surface area (Å²) in [6.45, 7) is 0.112. The first-order valence-corrected chi connectivity index (χ1v) is 19.0. The third-order valence-corrected chi connectivity index (χ3v) is 10.2. The highest BCUT2D eigenvalue weighted by Crippen LogP contribution is 2.37. The second kappa shape index (κ2) is 19.5. The SMILES string of the molecule is COc1ccc2c(c1)C(=O)NC(c1ccc(OCCCCCCCCOc3cc(C4CC(c5cc(CO)c(CO)c(CO)c5)=NO4)ccc3OC)c(CO)c1)N2. The number of nitrogens with one attached hydrogen (secondary N) is 2. The Balaban J connectivity index is 0.900. The molecule has 2 unspecified atom stereocenters. The topological polar surface area (TPSA) is 181 Å². The fourth-order valence-corrected chi connectivity index (χ4v) is 7.03. The Kier molecular flexibility index (Phi) is 14.0. The molecule has 6 rings (SSSR count). The number of rotatable bonds is 20. The molecule has 4 aromatic rings. The van der Waals surface area contributed by atoms with E-state index in [0.29, 0.717) is 81.8 Å². The highest BCUT2D eigenvalue weighted by atomic mass is 16.6. The number of amides is 1. The molecule has 56 heavy (non-hydrogen) atoms. The van der Waals surface area contributed by atoms with Gasteiger partial charge in [0.15, 0.2) is 17.6 Å². The largest absolute Gasteiger partial charge is 0.497 e. The van der Waals surface area contributed by atoms with Gasteiger partial charge in [-0.15, -0.1) is 0 Å². The van der Waals surface area contributed by atoms with Crippen LogP contribution in [-0.2, 0) is 31.3 Å². The van der Waals surface area contributed by atoms with E-state index in [9.17, 15) is 25.2 Å². The molecule has 298 valence electrons. The zero-order valence-corrected chi connectivity index (χ0v) is 31.9. The van der Waals surface area contributed by atoms with E-state index < -0.39 is 6.17 Å². The van der Waals surface area contributed by atoms with Crippen molar-refractivity contribution >= 4 is 17.3 Å². The van der Waals surface area contributed by atoms with Crippen molar-refractivity contribution in [2.75, 3.05) is 32.8 Å². The van der Waals surface area contributed by atoms with Crippen molar-refractivity contribution in [1.29, 1.82) is 0 Å². The van der Waals surface area contributed by atoms with E-state index in [1.165, 1.54) is 0 Å². The first-order chi connectivity index (χ1) is 27.4. The van der Waals surface area contributed by atoms with Crippen LogP contribution in [0.4, 0.5) is 5.69 Å². The summed E-state index contributed by atoms with van der Waals surface area (Å²) in [7, 11) is 3.17. The zero-order valence-electron chi connectivity index (χ0n) is 31.9. The minimum atomic E-state index is -0.440. The van der Waals surface area contributed by atoms with Crippen molar-refractivity contribution in [3.63, 3.8) is 0 Å². The van der Waals surface area contributed by atoms with Gasteiger partial charge in [0.1, 0.15) is 17.7 Å². The Hall–Kier alpha value is -5.34. The molecule has 0 saturated carbocycles. The van der Waals surface area contributed by atoms with Gasteiger partial charge in [0.2, 0.25) is 0 Å². The van der Waals surface area contributed by atoms with Crippen LogP contribution in [0, 0.1) is 0 Å². The van der Waals surface area contributed by atoms with Crippen molar-refractivity contribution in [2.45, 2.75) is 83.6 Å². The third-order valence-electron chi connectivity index (χ3n) is 10.2. The number of nitrogens with zero attached hydrogens (tertiary/aromatic N) is 1. The Labute approximate surface area is 326 Å². The first-order valence-electron chi connectivity index (χ1n) is 19.0. The fourth-order valence-electron chi connectivity index (χ4n) is 7.03. The summed E-state index contributed by atoms with van der Waals surface area (Å²) in [5, 5.41) is 50.0. The van der Waals surface area contributed by atoms with Crippen molar-refractivity contribution in [1.82, 2.24) is 5.32 Å². The monoisotopic (exact) mass is 769 g/mol. The molecule has 4 aromatic carbocycles. The minimum Gasteiger partial charge on any atom is -0.497 e. The summed E-state index contributed by atoms with van der Waals surface area (Å²) in [5.74, 6) is 2.32. The van der Waals surface area contributed by atoms with Gasteiger partial charge in [0, 0.05) is 23.2 Å². The molecular formula is C43H51N3O10. The molecule has 2 aliphatic heterocycles. The highest BCUT2D eigenvalue weighted by Gasteiger charge is 2.27. The molecule has 0 aromatic heterocycles. The number of unbranched alkanes of at least 4 members (excludes halogenated alkanes) is 5. The molecule has 13 nitrogen and oxygen atoms in total. The average Bonchev–Trinajstić information content (AvgIpc) is 3.74.